The van der Waals surface area contributed by atoms with Gasteiger partial charge in [0.15, 0.2) is 0 Å². The molecule has 0 spiro atoms. The SMILES string of the molecule is Cl.N[C@@H](c1ccc(Cl)cc1Cl)[C@H](O)C1CC1. The van der Waals surface area contributed by atoms with Crippen LogP contribution in [0.1, 0.15) is 24.4 Å². The average molecular weight is 283 g/mol. The first kappa shape index (κ1) is 14.1. The number of nitrogens with two attached hydrogens (primary N) is 1. The molecule has 0 aromatic heterocycles. The van der Waals surface area contributed by atoms with Crippen molar-refractivity contribution >= 4 is 35.6 Å². The third-order valence-corrected chi connectivity index (χ3v) is 3.36. The van der Waals surface area contributed by atoms with Crippen LogP contribution in [0.4, 0.5) is 0 Å². The van der Waals surface area contributed by atoms with Crippen LogP contribution < -0.4 is 5.73 Å². The third kappa shape index (κ3) is 3.02. The van der Waals surface area contributed by atoms with E-state index in [9.17, 15) is 5.11 Å². The topological polar surface area (TPSA) is 46.2 Å². The van der Waals surface area contributed by atoms with Gasteiger partial charge >= 0.3 is 0 Å². The summed E-state index contributed by atoms with van der Waals surface area (Å²) in [5, 5.41) is 11.0. The molecule has 3 N–H and O–H groups in total. The fourth-order valence-corrected chi connectivity index (χ4v) is 2.22. The number of hydrogen-bond donors (Lipinski definition) is 2. The lowest BCUT2D eigenvalue weighted by Gasteiger charge is -2.19. The van der Waals surface area contributed by atoms with Gasteiger partial charge in [-0.3, -0.25) is 0 Å². The van der Waals surface area contributed by atoms with Crippen LogP contribution >= 0.6 is 35.6 Å². The Labute approximate surface area is 111 Å². The van der Waals surface area contributed by atoms with Crippen molar-refractivity contribution < 1.29 is 5.11 Å². The van der Waals surface area contributed by atoms with Crippen molar-refractivity contribution in [1.29, 1.82) is 0 Å². The summed E-state index contributed by atoms with van der Waals surface area (Å²) in [6.07, 6.45) is 1.61. The Morgan fingerprint density at radius 2 is 1.94 bits per heavy atom. The van der Waals surface area contributed by atoms with E-state index in [-0.39, 0.29) is 12.4 Å². The van der Waals surface area contributed by atoms with Gasteiger partial charge in [-0.25, -0.2) is 0 Å². The molecule has 0 saturated heterocycles. The van der Waals surface area contributed by atoms with Crippen molar-refractivity contribution in [2.75, 3.05) is 0 Å². The fraction of sp³-hybridized carbons (Fsp3) is 0.455. The molecule has 1 aromatic carbocycles. The monoisotopic (exact) mass is 281 g/mol. The maximum Gasteiger partial charge on any atom is 0.0761 e. The van der Waals surface area contributed by atoms with E-state index in [2.05, 4.69) is 0 Å². The molecule has 1 fully saturated rings. The van der Waals surface area contributed by atoms with E-state index in [0.717, 1.165) is 18.4 Å². The number of aliphatic hydroxyl groups excluding tert-OH is 1. The Hall–Kier alpha value is 0.01000. The van der Waals surface area contributed by atoms with Crippen LogP contribution in [-0.4, -0.2) is 11.2 Å². The molecular formula is C11H14Cl3NO. The standard InChI is InChI=1S/C11H13Cl2NO.ClH/c12-7-3-4-8(9(13)5-7)10(14)11(15)6-1-2-6;/h3-6,10-11,15H,1-2,14H2;1H/t10-,11+;/m0./s1. The minimum Gasteiger partial charge on any atom is -0.391 e. The van der Waals surface area contributed by atoms with E-state index in [4.69, 9.17) is 28.9 Å². The zero-order chi connectivity index (χ0) is 11.0. The van der Waals surface area contributed by atoms with Gasteiger partial charge < -0.3 is 10.8 Å². The van der Waals surface area contributed by atoms with Crippen molar-refractivity contribution in [1.82, 2.24) is 0 Å². The number of hydrogen-bond acceptors (Lipinski definition) is 2. The summed E-state index contributed by atoms with van der Waals surface area (Å²) in [4.78, 5) is 0. The molecule has 0 aliphatic heterocycles. The van der Waals surface area contributed by atoms with Gasteiger partial charge in [0, 0.05) is 10.0 Å². The third-order valence-electron chi connectivity index (χ3n) is 2.79. The fourth-order valence-electron chi connectivity index (χ4n) is 1.69. The first-order valence-electron chi connectivity index (χ1n) is 4.98. The molecule has 1 saturated carbocycles. The quantitative estimate of drug-likeness (QED) is 0.894. The van der Waals surface area contributed by atoms with Gasteiger partial charge in [-0.2, -0.15) is 0 Å². The summed E-state index contributed by atoms with van der Waals surface area (Å²) < 4.78 is 0. The number of halogens is 3. The molecule has 1 aliphatic carbocycles. The van der Waals surface area contributed by atoms with Gasteiger partial charge in [0.05, 0.1) is 12.1 Å². The van der Waals surface area contributed by atoms with Crippen molar-refractivity contribution in [3.05, 3.63) is 33.8 Å². The molecule has 2 nitrogen and oxygen atoms in total. The first-order valence-corrected chi connectivity index (χ1v) is 5.74. The largest absolute Gasteiger partial charge is 0.391 e. The predicted molar refractivity (Wildman–Crippen MR) is 69.4 cm³/mol. The van der Waals surface area contributed by atoms with Crippen molar-refractivity contribution in [3.63, 3.8) is 0 Å². The van der Waals surface area contributed by atoms with E-state index >= 15 is 0 Å². The number of rotatable bonds is 3. The van der Waals surface area contributed by atoms with Crippen molar-refractivity contribution in [3.8, 4) is 0 Å². The molecular weight excluding hydrogens is 268 g/mol. The molecule has 16 heavy (non-hydrogen) atoms. The van der Waals surface area contributed by atoms with Gasteiger partial charge in [0.1, 0.15) is 0 Å². The van der Waals surface area contributed by atoms with Crippen LogP contribution in [-0.2, 0) is 0 Å². The summed E-state index contributed by atoms with van der Waals surface area (Å²) >= 11 is 11.8. The lowest BCUT2D eigenvalue weighted by molar-refractivity contribution is 0.122. The minimum atomic E-state index is -0.497. The Bertz CT molecular complexity index is 368. The molecule has 1 aliphatic rings. The maximum absolute atomic E-state index is 9.89. The van der Waals surface area contributed by atoms with Crippen molar-refractivity contribution in [2.24, 2.45) is 11.7 Å². The van der Waals surface area contributed by atoms with Gasteiger partial charge in [-0.15, -0.1) is 12.4 Å². The Morgan fingerprint density at radius 3 is 2.44 bits per heavy atom. The second-order valence-corrected chi connectivity index (χ2v) is 4.86. The Kier molecular flexibility index (Phi) is 4.89. The lowest BCUT2D eigenvalue weighted by atomic mass is 9.99. The summed E-state index contributed by atoms with van der Waals surface area (Å²) in [6, 6.07) is 4.75. The van der Waals surface area contributed by atoms with Gasteiger partial charge in [-0.1, -0.05) is 29.3 Å². The maximum atomic E-state index is 9.89. The van der Waals surface area contributed by atoms with Crippen LogP contribution in [0.3, 0.4) is 0 Å². The van der Waals surface area contributed by atoms with Crippen LogP contribution in [0.2, 0.25) is 10.0 Å². The second kappa shape index (κ2) is 5.56. The second-order valence-electron chi connectivity index (χ2n) is 4.02. The molecule has 0 heterocycles. The highest BCUT2D eigenvalue weighted by atomic mass is 35.5. The predicted octanol–water partition coefficient (Wildman–Crippen LogP) is 3.19. The van der Waals surface area contributed by atoms with E-state index in [0.29, 0.717) is 16.0 Å². The molecule has 1 aromatic rings. The smallest absolute Gasteiger partial charge is 0.0761 e. The highest BCUT2D eigenvalue weighted by Gasteiger charge is 2.34. The average Bonchev–Trinajstić information content (AvgIpc) is 2.99. The number of benzene rings is 1. The molecule has 0 bridgehead atoms. The number of aliphatic hydroxyl groups is 1. The molecule has 0 amide bonds. The first-order chi connectivity index (χ1) is 7.09. The molecule has 2 atom stereocenters. The van der Waals surface area contributed by atoms with Gasteiger partial charge in [0.2, 0.25) is 0 Å². The molecule has 0 radical (unpaired) electrons. The molecule has 0 unspecified atom stereocenters. The summed E-state index contributed by atoms with van der Waals surface area (Å²) in [6.45, 7) is 0. The van der Waals surface area contributed by atoms with E-state index in [1.54, 1.807) is 18.2 Å². The normalized spacial score (nSPS) is 18.8. The Balaban J connectivity index is 0.00000128. The summed E-state index contributed by atoms with van der Waals surface area (Å²) in [5.74, 6) is 0.340. The molecule has 5 heteroatoms. The van der Waals surface area contributed by atoms with E-state index in [1.165, 1.54) is 0 Å². The van der Waals surface area contributed by atoms with E-state index in [1.807, 2.05) is 0 Å². The zero-order valence-electron chi connectivity index (χ0n) is 8.57. The Morgan fingerprint density at radius 1 is 1.31 bits per heavy atom. The van der Waals surface area contributed by atoms with Crippen LogP contribution in [0, 0.1) is 5.92 Å². The highest BCUT2D eigenvalue weighted by molar-refractivity contribution is 6.35. The van der Waals surface area contributed by atoms with E-state index < -0.39 is 12.1 Å². The highest BCUT2D eigenvalue weighted by Crippen LogP contribution is 2.38. The summed E-state index contributed by atoms with van der Waals surface area (Å²) in [5.41, 5.74) is 6.72. The minimum absolute atomic E-state index is 0. The zero-order valence-corrected chi connectivity index (χ0v) is 10.9. The van der Waals surface area contributed by atoms with Gasteiger partial charge in [-0.05, 0) is 36.5 Å². The summed E-state index contributed by atoms with van der Waals surface area (Å²) in [7, 11) is 0. The van der Waals surface area contributed by atoms with Crippen LogP contribution in [0.25, 0.3) is 0 Å². The molecule has 2 rings (SSSR count). The van der Waals surface area contributed by atoms with Gasteiger partial charge in [0.25, 0.3) is 0 Å². The molecule has 90 valence electrons. The van der Waals surface area contributed by atoms with Crippen LogP contribution in [0.5, 0.6) is 0 Å². The van der Waals surface area contributed by atoms with Crippen molar-refractivity contribution in [2.45, 2.75) is 25.0 Å². The van der Waals surface area contributed by atoms with Crippen LogP contribution in [0.15, 0.2) is 18.2 Å². The lowest BCUT2D eigenvalue weighted by Crippen LogP contribution is -2.28.